The highest BCUT2D eigenvalue weighted by Gasteiger charge is 2.13. The van der Waals surface area contributed by atoms with E-state index in [-0.39, 0.29) is 6.54 Å². The molecule has 0 amide bonds. The van der Waals surface area contributed by atoms with Crippen LogP contribution in [-0.2, 0) is 17.9 Å². The minimum atomic E-state index is -0.787. The number of carbonyl (C=O) groups is 1. The van der Waals surface area contributed by atoms with Gasteiger partial charge < -0.3 is 5.11 Å². The summed E-state index contributed by atoms with van der Waals surface area (Å²) in [6.07, 6.45) is 17.3. The van der Waals surface area contributed by atoms with E-state index in [1.54, 1.807) is 4.57 Å². The molecule has 0 unspecified atom stereocenters. The molecular weight excluding hydrogens is 276 g/mol. The van der Waals surface area contributed by atoms with E-state index in [4.69, 9.17) is 5.11 Å². The third-order valence-electron chi connectivity index (χ3n) is 4.32. The monoisotopic (exact) mass is 309 g/mol. The van der Waals surface area contributed by atoms with Gasteiger partial charge in [0.25, 0.3) is 5.82 Å². The molecule has 22 heavy (non-hydrogen) atoms. The van der Waals surface area contributed by atoms with E-state index in [1.165, 1.54) is 64.2 Å². The van der Waals surface area contributed by atoms with Crippen molar-refractivity contribution in [2.75, 3.05) is 0 Å². The summed E-state index contributed by atoms with van der Waals surface area (Å²) in [5.41, 5.74) is 0. The molecule has 1 rings (SSSR count). The first-order chi connectivity index (χ1) is 10.6. The SMILES string of the molecule is CCCCCCCCCCCCn1cc[n+](CC(=O)O)c1C. The number of imidazole rings is 1. The van der Waals surface area contributed by atoms with Crippen molar-refractivity contribution < 1.29 is 14.5 Å². The molecule has 0 saturated carbocycles. The highest BCUT2D eigenvalue weighted by Crippen LogP contribution is 2.11. The van der Waals surface area contributed by atoms with Crippen LogP contribution < -0.4 is 4.57 Å². The standard InChI is InChI=1S/C18H32N2O2/c1-3-4-5-6-7-8-9-10-11-12-13-19-14-15-20(17(19)2)16-18(21)22/h14-15H,3-13,16H2,1-2H3/p+1. The summed E-state index contributed by atoms with van der Waals surface area (Å²) in [6, 6.07) is 0. The highest BCUT2D eigenvalue weighted by molar-refractivity contribution is 5.64. The van der Waals surface area contributed by atoms with Crippen molar-refractivity contribution in [2.24, 2.45) is 0 Å². The zero-order chi connectivity index (χ0) is 16.2. The topological polar surface area (TPSA) is 46.1 Å². The van der Waals surface area contributed by atoms with Crippen LogP contribution in [0.3, 0.4) is 0 Å². The van der Waals surface area contributed by atoms with E-state index in [9.17, 15) is 4.79 Å². The van der Waals surface area contributed by atoms with Crippen molar-refractivity contribution in [3.05, 3.63) is 18.2 Å². The molecule has 0 saturated heterocycles. The molecule has 0 fully saturated rings. The maximum absolute atomic E-state index is 10.7. The molecule has 0 radical (unpaired) electrons. The van der Waals surface area contributed by atoms with Crippen molar-refractivity contribution in [1.82, 2.24) is 4.57 Å². The molecule has 0 aromatic carbocycles. The zero-order valence-electron chi connectivity index (χ0n) is 14.4. The number of carboxylic acid groups (broad SMARTS) is 1. The summed E-state index contributed by atoms with van der Waals surface area (Å²) in [5.74, 6) is 0.239. The molecule has 0 spiro atoms. The predicted molar refractivity (Wildman–Crippen MR) is 88.8 cm³/mol. The van der Waals surface area contributed by atoms with Gasteiger partial charge in [-0.15, -0.1) is 0 Å². The Morgan fingerprint density at radius 1 is 1.05 bits per heavy atom. The zero-order valence-corrected chi connectivity index (χ0v) is 14.4. The molecular formula is C18H33N2O2+. The van der Waals surface area contributed by atoms with E-state index in [1.807, 2.05) is 19.3 Å². The van der Waals surface area contributed by atoms with Gasteiger partial charge in [-0.25, -0.2) is 13.9 Å². The van der Waals surface area contributed by atoms with Crippen molar-refractivity contribution in [3.63, 3.8) is 0 Å². The number of nitrogens with zero attached hydrogens (tertiary/aromatic N) is 2. The molecule has 1 N–H and O–H groups in total. The van der Waals surface area contributed by atoms with E-state index in [0.29, 0.717) is 0 Å². The van der Waals surface area contributed by atoms with Crippen LogP contribution in [0.5, 0.6) is 0 Å². The lowest BCUT2D eigenvalue weighted by Gasteiger charge is -2.02. The van der Waals surface area contributed by atoms with Gasteiger partial charge in [0.2, 0.25) is 0 Å². The third-order valence-corrected chi connectivity index (χ3v) is 4.32. The fourth-order valence-electron chi connectivity index (χ4n) is 2.86. The molecule has 126 valence electrons. The average molecular weight is 309 g/mol. The molecule has 0 aliphatic carbocycles. The van der Waals surface area contributed by atoms with E-state index < -0.39 is 5.97 Å². The van der Waals surface area contributed by atoms with Crippen molar-refractivity contribution >= 4 is 5.97 Å². The van der Waals surface area contributed by atoms with Gasteiger partial charge in [0, 0.05) is 6.92 Å². The van der Waals surface area contributed by atoms with Crippen molar-refractivity contribution in [2.45, 2.75) is 91.1 Å². The van der Waals surface area contributed by atoms with Gasteiger partial charge in [0.05, 0.1) is 6.54 Å². The summed E-state index contributed by atoms with van der Waals surface area (Å²) in [6.45, 7) is 5.29. The lowest BCUT2D eigenvalue weighted by atomic mass is 10.1. The molecule has 0 aliphatic heterocycles. The summed E-state index contributed by atoms with van der Waals surface area (Å²) < 4.78 is 3.95. The minimum absolute atomic E-state index is 0.0524. The minimum Gasteiger partial charge on any atom is -0.478 e. The number of hydrogen-bond acceptors (Lipinski definition) is 1. The molecule has 1 heterocycles. The smallest absolute Gasteiger partial charge is 0.346 e. The maximum atomic E-state index is 10.7. The number of aliphatic carboxylic acids is 1. The van der Waals surface area contributed by atoms with Gasteiger partial charge in [0.15, 0.2) is 6.54 Å². The summed E-state index contributed by atoms with van der Waals surface area (Å²) in [5, 5.41) is 8.84. The second-order valence-electron chi connectivity index (χ2n) is 6.24. The van der Waals surface area contributed by atoms with Gasteiger partial charge in [-0.1, -0.05) is 58.3 Å². The number of carboxylic acids is 1. The normalized spacial score (nSPS) is 11.0. The Balaban J connectivity index is 2.05. The summed E-state index contributed by atoms with van der Waals surface area (Å²) >= 11 is 0. The Morgan fingerprint density at radius 2 is 1.59 bits per heavy atom. The lowest BCUT2D eigenvalue weighted by molar-refractivity contribution is -0.691. The first kappa shape index (κ1) is 18.7. The van der Waals surface area contributed by atoms with Crippen LogP contribution in [-0.4, -0.2) is 15.6 Å². The van der Waals surface area contributed by atoms with Crippen LogP contribution in [0.4, 0.5) is 0 Å². The number of unbranched alkanes of at least 4 members (excludes halogenated alkanes) is 9. The fourth-order valence-corrected chi connectivity index (χ4v) is 2.86. The van der Waals surface area contributed by atoms with Crippen molar-refractivity contribution in [3.8, 4) is 0 Å². The van der Waals surface area contributed by atoms with E-state index in [0.717, 1.165) is 12.4 Å². The van der Waals surface area contributed by atoms with Crippen LogP contribution >= 0.6 is 0 Å². The fraction of sp³-hybridized carbons (Fsp3) is 0.778. The van der Waals surface area contributed by atoms with Gasteiger partial charge in [0.1, 0.15) is 12.4 Å². The predicted octanol–water partition coefficient (Wildman–Crippen LogP) is 4.09. The average Bonchev–Trinajstić information content (AvgIpc) is 2.81. The Morgan fingerprint density at radius 3 is 2.14 bits per heavy atom. The number of rotatable bonds is 13. The highest BCUT2D eigenvalue weighted by atomic mass is 16.4. The molecule has 0 aliphatic rings. The van der Waals surface area contributed by atoms with Crippen molar-refractivity contribution in [1.29, 1.82) is 0 Å². The molecule has 4 heteroatoms. The molecule has 1 aromatic rings. The van der Waals surface area contributed by atoms with Gasteiger partial charge in [-0.05, 0) is 12.8 Å². The third kappa shape index (κ3) is 7.62. The molecule has 4 nitrogen and oxygen atoms in total. The summed E-state index contributed by atoms with van der Waals surface area (Å²) in [4.78, 5) is 10.7. The van der Waals surface area contributed by atoms with Crippen LogP contribution in [0, 0.1) is 6.92 Å². The maximum Gasteiger partial charge on any atom is 0.346 e. The summed E-state index contributed by atoms with van der Waals surface area (Å²) in [7, 11) is 0. The molecule has 0 atom stereocenters. The van der Waals surface area contributed by atoms with Gasteiger partial charge in [-0.3, -0.25) is 0 Å². The van der Waals surface area contributed by atoms with Gasteiger partial charge in [-0.2, -0.15) is 0 Å². The molecule has 1 aromatic heterocycles. The second-order valence-corrected chi connectivity index (χ2v) is 6.24. The Hall–Kier alpha value is -1.32. The molecule has 0 bridgehead atoms. The Bertz CT molecular complexity index is 427. The van der Waals surface area contributed by atoms with E-state index >= 15 is 0 Å². The lowest BCUT2D eigenvalue weighted by Crippen LogP contribution is -2.39. The van der Waals surface area contributed by atoms with Crippen LogP contribution in [0.25, 0.3) is 0 Å². The van der Waals surface area contributed by atoms with Crippen LogP contribution in [0.2, 0.25) is 0 Å². The number of aryl methyl sites for hydroxylation is 1. The van der Waals surface area contributed by atoms with Gasteiger partial charge >= 0.3 is 5.97 Å². The largest absolute Gasteiger partial charge is 0.478 e. The Kier molecular flexibility index (Phi) is 9.60. The van der Waals surface area contributed by atoms with Crippen LogP contribution in [0.15, 0.2) is 12.4 Å². The first-order valence-electron chi connectivity index (χ1n) is 8.92. The first-order valence-corrected chi connectivity index (χ1v) is 8.92. The second kappa shape index (κ2) is 11.3. The number of aromatic nitrogens is 2. The number of hydrogen-bond donors (Lipinski definition) is 1. The van der Waals surface area contributed by atoms with Crippen LogP contribution in [0.1, 0.15) is 77.0 Å². The van der Waals surface area contributed by atoms with E-state index in [2.05, 4.69) is 11.5 Å². The quantitative estimate of drug-likeness (QED) is 0.440. The Labute approximate surface area is 135 Å².